The van der Waals surface area contributed by atoms with E-state index in [1.807, 2.05) is 6.92 Å². The second-order valence-corrected chi connectivity index (χ2v) is 6.64. The second-order valence-electron chi connectivity index (χ2n) is 6.64. The van der Waals surface area contributed by atoms with Crippen LogP contribution in [0, 0.1) is 12.7 Å². The Morgan fingerprint density at radius 2 is 1.85 bits per heavy atom. The Morgan fingerprint density at radius 3 is 2.42 bits per heavy atom. The maximum Gasteiger partial charge on any atom is 0.349 e. The lowest BCUT2D eigenvalue weighted by Gasteiger charge is -2.24. The summed E-state index contributed by atoms with van der Waals surface area (Å²) in [5.41, 5.74) is 6.11. The molecule has 0 fully saturated rings. The molecule has 0 heterocycles. The molecule has 0 aliphatic carbocycles. The average molecular weight is 361 g/mol. The summed E-state index contributed by atoms with van der Waals surface area (Å²) in [5, 5.41) is 0. The van der Waals surface area contributed by atoms with E-state index < -0.39 is 17.4 Å². The topological polar surface area (TPSA) is 70.8 Å². The van der Waals surface area contributed by atoms with Crippen LogP contribution in [0.5, 0.6) is 17.2 Å². The maximum absolute atomic E-state index is 13.7. The third-order valence-electron chi connectivity index (χ3n) is 3.84. The molecule has 0 amide bonds. The highest BCUT2D eigenvalue weighted by molar-refractivity contribution is 5.78. The van der Waals surface area contributed by atoms with Gasteiger partial charge in [0.25, 0.3) is 0 Å². The van der Waals surface area contributed by atoms with Gasteiger partial charge in [0.15, 0.2) is 5.60 Å². The van der Waals surface area contributed by atoms with Crippen LogP contribution in [-0.2, 0) is 9.53 Å². The van der Waals surface area contributed by atoms with Crippen molar-refractivity contribution in [1.29, 1.82) is 0 Å². The summed E-state index contributed by atoms with van der Waals surface area (Å²) in [4.78, 5) is 11.8. The van der Waals surface area contributed by atoms with E-state index in [1.54, 1.807) is 45.0 Å². The van der Waals surface area contributed by atoms with E-state index in [0.29, 0.717) is 22.8 Å². The molecule has 2 N–H and O–H groups in total. The molecular weight excluding hydrogens is 337 g/mol. The number of carbonyl (C=O) groups excluding carboxylic acids is 1. The van der Waals surface area contributed by atoms with Crippen LogP contribution in [0.4, 0.5) is 4.39 Å². The number of hydrogen-bond acceptors (Lipinski definition) is 5. The lowest BCUT2D eigenvalue weighted by atomic mass is 10.1. The number of aryl methyl sites for hydroxylation is 1. The summed E-state index contributed by atoms with van der Waals surface area (Å²) in [6.07, 6.45) is 0. The Labute approximate surface area is 152 Å². The number of ether oxygens (including phenoxy) is 3. The van der Waals surface area contributed by atoms with Gasteiger partial charge < -0.3 is 19.9 Å². The number of esters is 1. The van der Waals surface area contributed by atoms with Gasteiger partial charge >= 0.3 is 5.97 Å². The van der Waals surface area contributed by atoms with Gasteiger partial charge in [-0.2, -0.15) is 0 Å². The van der Waals surface area contributed by atoms with Crippen LogP contribution in [0.15, 0.2) is 36.4 Å². The Morgan fingerprint density at radius 1 is 1.15 bits per heavy atom. The van der Waals surface area contributed by atoms with E-state index in [4.69, 9.17) is 19.9 Å². The lowest BCUT2D eigenvalue weighted by molar-refractivity contribution is -0.156. The fourth-order valence-corrected chi connectivity index (χ4v) is 2.40. The number of hydrogen-bond donors (Lipinski definition) is 1. The van der Waals surface area contributed by atoms with Gasteiger partial charge in [-0.3, -0.25) is 0 Å². The van der Waals surface area contributed by atoms with E-state index >= 15 is 0 Å². The summed E-state index contributed by atoms with van der Waals surface area (Å²) in [6, 6.07) is 9.21. The van der Waals surface area contributed by atoms with Crippen molar-refractivity contribution in [1.82, 2.24) is 0 Å². The summed E-state index contributed by atoms with van der Waals surface area (Å²) in [5.74, 6) is 0.530. The minimum atomic E-state index is -1.11. The molecule has 0 bridgehead atoms. The third-order valence-corrected chi connectivity index (χ3v) is 3.84. The van der Waals surface area contributed by atoms with Crippen molar-refractivity contribution >= 4 is 5.97 Å². The van der Waals surface area contributed by atoms with E-state index in [2.05, 4.69) is 0 Å². The van der Waals surface area contributed by atoms with E-state index in [1.165, 1.54) is 19.2 Å². The first kappa shape index (κ1) is 19.7. The van der Waals surface area contributed by atoms with Gasteiger partial charge in [0.1, 0.15) is 23.1 Å². The SMILES string of the molecule is COC(=O)C(C)(C)Oc1ccc(Oc2cc(F)cc(C(C)N)c2)cc1C. The summed E-state index contributed by atoms with van der Waals surface area (Å²) >= 11 is 0. The third kappa shape index (κ3) is 4.73. The van der Waals surface area contributed by atoms with E-state index in [-0.39, 0.29) is 6.04 Å². The molecule has 0 spiro atoms. The van der Waals surface area contributed by atoms with E-state index in [9.17, 15) is 9.18 Å². The molecule has 0 radical (unpaired) electrons. The van der Waals surface area contributed by atoms with Gasteiger partial charge in [0, 0.05) is 12.1 Å². The Balaban J connectivity index is 2.21. The molecule has 6 heteroatoms. The van der Waals surface area contributed by atoms with E-state index in [0.717, 1.165) is 5.56 Å². The van der Waals surface area contributed by atoms with Crippen molar-refractivity contribution in [3.05, 3.63) is 53.3 Å². The number of methoxy groups -OCH3 is 1. The van der Waals surface area contributed by atoms with Crippen LogP contribution < -0.4 is 15.2 Å². The highest BCUT2D eigenvalue weighted by Gasteiger charge is 2.31. The normalized spacial score (nSPS) is 12.4. The summed E-state index contributed by atoms with van der Waals surface area (Å²) < 4.78 is 30.0. The Kier molecular flexibility index (Phi) is 5.87. The summed E-state index contributed by atoms with van der Waals surface area (Å²) in [6.45, 7) is 6.86. The first-order valence-electron chi connectivity index (χ1n) is 8.24. The van der Waals surface area contributed by atoms with Crippen LogP contribution >= 0.6 is 0 Å². The highest BCUT2D eigenvalue weighted by atomic mass is 19.1. The number of halogens is 1. The first-order valence-corrected chi connectivity index (χ1v) is 8.24. The molecule has 0 aliphatic rings. The van der Waals surface area contributed by atoms with Gasteiger partial charge in [-0.25, -0.2) is 9.18 Å². The van der Waals surface area contributed by atoms with Crippen LogP contribution in [0.3, 0.4) is 0 Å². The van der Waals surface area contributed by atoms with Crippen molar-refractivity contribution in [3.8, 4) is 17.2 Å². The van der Waals surface area contributed by atoms with Crippen molar-refractivity contribution in [2.45, 2.75) is 39.3 Å². The van der Waals surface area contributed by atoms with Crippen LogP contribution in [0.1, 0.15) is 37.9 Å². The van der Waals surface area contributed by atoms with Gasteiger partial charge in [-0.05, 0) is 69.2 Å². The minimum absolute atomic E-state index is 0.300. The van der Waals surface area contributed by atoms with Crippen molar-refractivity contribution in [2.24, 2.45) is 5.73 Å². The minimum Gasteiger partial charge on any atom is -0.476 e. The van der Waals surface area contributed by atoms with Crippen LogP contribution in [0.2, 0.25) is 0 Å². The molecule has 26 heavy (non-hydrogen) atoms. The molecule has 2 rings (SSSR count). The number of benzene rings is 2. The first-order chi connectivity index (χ1) is 12.1. The van der Waals surface area contributed by atoms with Crippen LogP contribution in [0.25, 0.3) is 0 Å². The monoisotopic (exact) mass is 361 g/mol. The number of carbonyl (C=O) groups is 1. The lowest BCUT2D eigenvalue weighted by Crippen LogP contribution is -2.39. The highest BCUT2D eigenvalue weighted by Crippen LogP contribution is 2.31. The Hall–Kier alpha value is -2.60. The quantitative estimate of drug-likeness (QED) is 0.778. The smallest absolute Gasteiger partial charge is 0.349 e. The number of rotatable bonds is 6. The molecule has 2 aromatic rings. The van der Waals surface area contributed by atoms with Crippen molar-refractivity contribution < 1.29 is 23.4 Å². The average Bonchev–Trinajstić information content (AvgIpc) is 2.55. The van der Waals surface area contributed by atoms with Crippen molar-refractivity contribution in [3.63, 3.8) is 0 Å². The fraction of sp³-hybridized carbons (Fsp3) is 0.350. The molecule has 0 saturated carbocycles. The summed E-state index contributed by atoms with van der Waals surface area (Å²) in [7, 11) is 1.31. The number of nitrogens with two attached hydrogens (primary N) is 1. The molecule has 0 aliphatic heterocycles. The Bertz CT molecular complexity index is 802. The molecule has 0 saturated heterocycles. The molecule has 1 atom stereocenters. The molecule has 1 unspecified atom stereocenters. The predicted molar refractivity (Wildman–Crippen MR) is 97.0 cm³/mol. The van der Waals surface area contributed by atoms with Gasteiger partial charge in [0.2, 0.25) is 0 Å². The molecule has 2 aromatic carbocycles. The zero-order valence-corrected chi connectivity index (χ0v) is 15.6. The zero-order chi connectivity index (χ0) is 19.5. The maximum atomic E-state index is 13.7. The van der Waals surface area contributed by atoms with Gasteiger partial charge in [-0.1, -0.05) is 0 Å². The van der Waals surface area contributed by atoms with Gasteiger partial charge in [-0.15, -0.1) is 0 Å². The fourth-order valence-electron chi connectivity index (χ4n) is 2.40. The van der Waals surface area contributed by atoms with Crippen molar-refractivity contribution in [2.75, 3.05) is 7.11 Å². The molecule has 140 valence electrons. The largest absolute Gasteiger partial charge is 0.476 e. The zero-order valence-electron chi connectivity index (χ0n) is 15.6. The molecule has 5 nitrogen and oxygen atoms in total. The standard InChI is InChI=1S/C20H24FNO4/c1-12-8-16(6-7-18(12)26-20(3,4)19(23)24-5)25-17-10-14(13(2)22)9-15(21)11-17/h6-11,13H,22H2,1-5H3. The van der Waals surface area contributed by atoms with Gasteiger partial charge in [0.05, 0.1) is 7.11 Å². The molecule has 0 aromatic heterocycles. The predicted octanol–water partition coefficient (Wildman–Crippen LogP) is 4.28. The van der Waals surface area contributed by atoms with Crippen LogP contribution in [-0.4, -0.2) is 18.7 Å². The second kappa shape index (κ2) is 7.74. The molecular formula is C20H24FNO4.